The number of hydrogen-bond donors (Lipinski definition) is 2. The number of nitrogens with one attached hydrogen (secondary N) is 2. The number of benzene rings is 2. The molecule has 2 N–H and O–H groups in total. The van der Waals surface area contributed by atoms with Crippen molar-refractivity contribution >= 4 is 33.7 Å². The topological polar surface area (TPSA) is 41.1 Å². The first-order chi connectivity index (χ1) is 9.65. The zero-order chi connectivity index (χ0) is 14.4. The van der Waals surface area contributed by atoms with Gasteiger partial charge in [0.05, 0.1) is 0 Å². The van der Waals surface area contributed by atoms with Crippen LogP contribution in [0.25, 0.3) is 6.08 Å². The van der Waals surface area contributed by atoms with Crippen LogP contribution in [0.15, 0.2) is 59.2 Å². The lowest BCUT2D eigenvalue weighted by Gasteiger charge is -2.07. The molecule has 0 fully saturated rings. The van der Waals surface area contributed by atoms with E-state index in [-0.39, 0.29) is 6.03 Å². The first-order valence-electron chi connectivity index (χ1n) is 6.20. The number of carbonyl (C=O) groups is 1. The Morgan fingerprint density at radius 3 is 2.50 bits per heavy atom. The molecule has 0 aliphatic carbocycles. The third-order valence-electron chi connectivity index (χ3n) is 2.75. The minimum absolute atomic E-state index is 0.257. The Hall–Kier alpha value is -2.07. The smallest absolute Gasteiger partial charge is 0.314 e. The molecule has 0 bridgehead atoms. The largest absolute Gasteiger partial charge is 0.323 e. The van der Waals surface area contributed by atoms with Gasteiger partial charge in [0.2, 0.25) is 0 Å². The molecule has 3 nitrogen and oxygen atoms in total. The molecule has 4 heteroatoms. The lowest BCUT2D eigenvalue weighted by molar-refractivity contribution is 0.255. The van der Waals surface area contributed by atoms with Crippen molar-refractivity contribution in [3.63, 3.8) is 0 Å². The second kappa shape index (κ2) is 6.91. The molecule has 0 aliphatic heterocycles. The van der Waals surface area contributed by atoms with Crippen LogP contribution in [0.2, 0.25) is 0 Å². The summed E-state index contributed by atoms with van der Waals surface area (Å²) in [5, 5.41) is 5.48. The number of carbonyl (C=O) groups excluding carboxylic acids is 1. The predicted octanol–water partition coefficient (Wildman–Crippen LogP) is 4.55. The molecule has 102 valence electrons. The molecule has 0 aliphatic rings. The van der Waals surface area contributed by atoms with Crippen molar-refractivity contribution in [3.8, 4) is 0 Å². The Labute approximate surface area is 126 Å². The molecule has 0 unspecified atom stereocenters. The first kappa shape index (κ1) is 14.3. The molecule has 2 aromatic carbocycles. The van der Waals surface area contributed by atoms with E-state index in [0.29, 0.717) is 0 Å². The molecule has 2 rings (SSSR count). The Kier molecular flexibility index (Phi) is 4.96. The fraction of sp³-hybridized carbons (Fsp3) is 0.0625. The van der Waals surface area contributed by atoms with E-state index in [1.54, 1.807) is 6.20 Å². The third-order valence-corrected chi connectivity index (χ3v) is 3.28. The number of aryl methyl sites for hydroxylation is 1. The van der Waals surface area contributed by atoms with Crippen molar-refractivity contribution in [1.29, 1.82) is 0 Å². The fourth-order valence-corrected chi connectivity index (χ4v) is 1.92. The lowest BCUT2D eigenvalue weighted by Crippen LogP contribution is -2.24. The van der Waals surface area contributed by atoms with E-state index in [4.69, 9.17) is 0 Å². The highest BCUT2D eigenvalue weighted by Crippen LogP contribution is 2.13. The van der Waals surface area contributed by atoms with Crippen LogP contribution >= 0.6 is 15.9 Å². The number of rotatable bonds is 3. The summed E-state index contributed by atoms with van der Waals surface area (Å²) in [6, 6.07) is 15.2. The summed E-state index contributed by atoms with van der Waals surface area (Å²) in [6.45, 7) is 1.95. The molecule has 0 atom stereocenters. The van der Waals surface area contributed by atoms with Crippen LogP contribution in [0.1, 0.15) is 11.1 Å². The number of halogens is 1. The van der Waals surface area contributed by atoms with Crippen molar-refractivity contribution < 1.29 is 4.79 Å². The van der Waals surface area contributed by atoms with Gasteiger partial charge in [0, 0.05) is 16.4 Å². The number of amides is 2. The van der Waals surface area contributed by atoms with E-state index in [1.165, 1.54) is 0 Å². The molecule has 0 spiro atoms. The summed E-state index contributed by atoms with van der Waals surface area (Å²) in [5.74, 6) is 0. The number of para-hydroxylation sites is 1. The summed E-state index contributed by atoms with van der Waals surface area (Å²) in [4.78, 5) is 11.7. The number of anilines is 1. The molecule has 0 saturated carbocycles. The standard InChI is InChI=1S/C16H15BrN2O/c1-12-4-2-3-5-15(12)19-16(20)18-11-10-13-6-8-14(17)9-7-13/h2-11H,1H3,(H2,18,19,20)/b11-10+. The molecule has 0 saturated heterocycles. The molecule has 2 aromatic rings. The predicted molar refractivity (Wildman–Crippen MR) is 86.5 cm³/mol. The lowest BCUT2D eigenvalue weighted by atomic mass is 10.2. The van der Waals surface area contributed by atoms with E-state index in [0.717, 1.165) is 21.3 Å². The normalized spacial score (nSPS) is 10.5. The second-order valence-electron chi connectivity index (χ2n) is 4.30. The van der Waals surface area contributed by atoms with Crippen molar-refractivity contribution in [1.82, 2.24) is 5.32 Å². The van der Waals surface area contributed by atoms with Crippen LogP contribution in [0.4, 0.5) is 10.5 Å². The highest BCUT2D eigenvalue weighted by Gasteiger charge is 2.00. The zero-order valence-electron chi connectivity index (χ0n) is 11.1. The molecular formula is C16H15BrN2O. The maximum absolute atomic E-state index is 11.7. The Morgan fingerprint density at radius 1 is 1.10 bits per heavy atom. The Morgan fingerprint density at radius 2 is 1.80 bits per heavy atom. The average molecular weight is 331 g/mol. The highest BCUT2D eigenvalue weighted by molar-refractivity contribution is 9.10. The van der Waals surface area contributed by atoms with Gasteiger partial charge in [0.15, 0.2) is 0 Å². The van der Waals surface area contributed by atoms with Crippen molar-refractivity contribution in [2.75, 3.05) is 5.32 Å². The average Bonchev–Trinajstić information content (AvgIpc) is 2.44. The summed E-state index contributed by atoms with van der Waals surface area (Å²) < 4.78 is 1.03. The van der Waals surface area contributed by atoms with E-state index in [2.05, 4.69) is 26.6 Å². The van der Waals surface area contributed by atoms with Crippen LogP contribution in [0.3, 0.4) is 0 Å². The van der Waals surface area contributed by atoms with Crippen LogP contribution in [0.5, 0.6) is 0 Å². The van der Waals surface area contributed by atoms with Crippen molar-refractivity contribution in [3.05, 3.63) is 70.3 Å². The second-order valence-corrected chi connectivity index (χ2v) is 5.21. The molecular weight excluding hydrogens is 316 g/mol. The molecule has 0 radical (unpaired) electrons. The van der Waals surface area contributed by atoms with Crippen LogP contribution < -0.4 is 10.6 Å². The summed E-state index contributed by atoms with van der Waals surface area (Å²) >= 11 is 3.38. The number of hydrogen-bond acceptors (Lipinski definition) is 1. The van der Waals surface area contributed by atoms with Gasteiger partial charge < -0.3 is 10.6 Å². The van der Waals surface area contributed by atoms with Crippen molar-refractivity contribution in [2.45, 2.75) is 6.92 Å². The van der Waals surface area contributed by atoms with E-state index in [1.807, 2.05) is 61.5 Å². The summed E-state index contributed by atoms with van der Waals surface area (Å²) in [5.41, 5.74) is 2.85. The maximum atomic E-state index is 11.7. The maximum Gasteiger partial charge on any atom is 0.323 e. The van der Waals surface area contributed by atoms with Gasteiger partial charge in [-0.15, -0.1) is 0 Å². The monoisotopic (exact) mass is 330 g/mol. The van der Waals surface area contributed by atoms with Gasteiger partial charge in [-0.05, 0) is 42.3 Å². The first-order valence-corrected chi connectivity index (χ1v) is 7.00. The van der Waals surface area contributed by atoms with E-state index < -0.39 is 0 Å². The summed E-state index contributed by atoms with van der Waals surface area (Å²) in [7, 11) is 0. The van der Waals surface area contributed by atoms with Gasteiger partial charge in [-0.25, -0.2) is 4.79 Å². The highest BCUT2D eigenvalue weighted by atomic mass is 79.9. The fourth-order valence-electron chi connectivity index (χ4n) is 1.66. The van der Waals surface area contributed by atoms with Gasteiger partial charge in [-0.2, -0.15) is 0 Å². The Bertz CT molecular complexity index is 621. The van der Waals surface area contributed by atoms with Gasteiger partial charge >= 0.3 is 6.03 Å². The quantitative estimate of drug-likeness (QED) is 0.851. The van der Waals surface area contributed by atoms with E-state index >= 15 is 0 Å². The SMILES string of the molecule is Cc1ccccc1NC(=O)N/C=C/c1ccc(Br)cc1. The minimum Gasteiger partial charge on any atom is -0.314 e. The third kappa shape index (κ3) is 4.24. The Balaban J connectivity index is 1.89. The van der Waals surface area contributed by atoms with E-state index in [9.17, 15) is 4.79 Å². The van der Waals surface area contributed by atoms with Crippen LogP contribution in [0, 0.1) is 6.92 Å². The van der Waals surface area contributed by atoms with Gasteiger partial charge in [0.25, 0.3) is 0 Å². The zero-order valence-corrected chi connectivity index (χ0v) is 12.6. The minimum atomic E-state index is -0.257. The van der Waals surface area contributed by atoms with Gasteiger partial charge in [-0.1, -0.05) is 46.3 Å². The summed E-state index contributed by atoms with van der Waals surface area (Å²) in [6.07, 6.45) is 3.46. The van der Waals surface area contributed by atoms with Gasteiger partial charge in [0.1, 0.15) is 0 Å². The van der Waals surface area contributed by atoms with Crippen LogP contribution in [-0.4, -0.2) is 6.03 Å². The molecule has 0 aromatic heterocycles. The van der Waals surface area contributed by atoms with Crippen molar-refractivity contribution in [2.24, 2.45) is 0 Å². The molecule has 20 heavy (non-hydrogen) atoms. The van der Waals surface area contributed by atoms with Crippen LogP contribution in [-0.2, 0) is 0 Å². The molecule has 2 amide bonds. The molecule has 0 heterocycles. The van der Waals surface area contributed by atoms with Gasteiger partial charge in [-0.3, -0.25) is 0 Å². The number of urea groups is 1.